The zero-order valence-electron chi connectivity index (χ0n) is 13.3. The Morgan fingerprint density at radius 3 is 2.59 bits per heavy atom. The summed E-state index contributed by atoms with van der Waals surface area (Å²) < 4.78 is 5.35. The van der Waals surface area contributed by atoms with Crippen molar-refractivity contribution in [2.45, 2.75) is 38.6 Å². The third kappa shape index (κ3) is 3.83. The molecule has 0 N–H and O–H groups in total. The fourth-order valence-electron chi connectivity index (χ4n) is 2.39. The first kappa shape index (κ1) is 16.9. The number of amides is 1. The van der Waals surface area contributed by atoms with Crippen molar-refractivity contribution >= 4 is 23.6 Å². The van der Waals surface area contributed by atoms with Crippen LogP contribution in [-0.4, -0.2) is 35.2 Å². The predicted molar refractivity (Wildman–Crippen MR) is 88.4 cm³/mol. The van der Waals surface area contributed by atoms with E-state index in [-0.39, 0.29) is 17.3 Å². The smallest absolute Gasteiger partial charge is 0.329 e. The molecule has 1 aliphatic rings. The van der Waals surface area contributed by atoms with Gasteiger partial charge < -0.3 is 9.64 Å². The summed E-state index contributed by atoms with van der Waals surface area (Å²) in [4.78, 5) is 26.4. The van der Waals surface area contributed by atoms with E-state index in [1.165, 1.54) is 0 Å². The van der Waals surface area contributed by atoms with Gasteiger partial charge in [0.25, 0.3) is 0 Å². The molecule has 0 aliphatic carbocycles. The number of nitrogens with zero attached hydrogens (tertiary/aromatic N) is 1. The van der Waals surface area contributed by atoms with Crippen molar-refractivity contribution in [3.63, 3.8) is 0 Å². The molecule has 1 fully saturated rings. The molecule has 0 spiro atoms. The number of carbonyl (C=O) groups excluding carboxylic acids is 2. The summed E-state index contributed by atoms with van der Waals surface area (Å²) in [6.07, 6.45) is 0.387. The molecule has 22 heavy (non-hydrogen) atoms. The summed E-state index contributed by atoms with van der Waals surface area (Å²) >= 11 is 1.62. The number of thioether (sulfide) groups is 1. The van der Waals surface area contributed by atoms with E-state index >= 15 is 0 Å². The Morgan fingerprint density at radius 1 is 1.32 bits per heavy atom. The van der Waals surface area contributed by atoms with Crippen LogP contribution in [0.15, 0.2) is 30.3 Å². The Labute approximate surface area is 136 Å². The van der Waals surface area contributed by atoms with Crippen LogP contribution in [0.4, 0.5) is 0 Å². The molecular formula is C17H23NO3S. The number of ether oxygens (including phenoxy) is 1. The van der Waals surface area contributed by atoms with Gasteiger partial charge in [-0.2, -0.15) is 0 Å². The first-order valence-corrected chi connectivity index (χ1v) is 8.73. The highest BCUT2D eigenvalue weighted by atomic mass is 32.2. The van der Waals surface area contributed by atoms with Gasteiger partial charge in [0.1, 0.15) is 11.4 Å². The van der Waals surface area contributed by atoms with Crippen LogP contribution in [0.3, 0.4) is 0 Å². The Bertz CT molecular complexity index is 518. The van der Waals surface area contributed by atoms with Crippen molar-refractivity contribution in [3.8, 4) is 0 Å². The molecule has 0 saturated carbocycles. The highest BCUT2D eigenvalue weighted by molar-refractivity contribution is 7.99. The van der Waals surface area contributed by atoms with Crippen LogP contribution < -0.4 is 0 Å². The molecule has 1 heterocycles. The molecule has 1 saturated heterocycles. The molecule has 120 valence electrons. The van der Waals surface area contributed by atoms with Gasteiger partial charge in [0.2, 0.25) is 5.91 Å². The summed E-state index contributed by atoms with van der Waals surface area (Å²) in [5.41, 5.74) is 1.05. The second-order valence-corrected chi connectivity index (χ2v) is 6.90. The largest absolute Gasteiger partial charge is 0.464 e. The highest BCUT2D eigenvalue weighted by Crippen LogP contribution is 2.41. The summed E-state index contributed by atoms with van der Waals surface area (Å²) in [5.74, 6) is 0.576. The Kier molecular flexibility index (Phi) is 5.89. The fraction of sp³-hybridized carbons (Fsp3) is 0.529. The van der Waals surface area contributed by atoms with E-state index in [9.17, 15) is 9.59 Å². The first-order chi connectivity index (χ1) is 10.5. The standard InChI is InChI=1S/C17H23NO3S/c1-4-15(19)18-14(17(20)21-10-12(2)3)11-22-16(18)13-8-6-5-7-9-13/h5-9,12,14,16H,4,10-11H2,1-3H3. The molecule has 0 radical (unpaired) electrons. The third-order valence-corrected chi connectivity index (χ3v) is 4.83. The lowest BCUT2D eigenvalue weighted by molar-refractivity contribution is -0.155. The molecule has 0 aromatic heterocycles. The van der Waals surface area contributed by atoms with Crippen LogP contribution in [0.25, 0.3) is 0 Å². The van der Waals surface area contributed by atoms with Crippen LogP contribution in [0, 0.1) is 5.92 Å². The van der Waals surface area contributed by atoms with Crippen molar-refractivity contribution < 1.29 is 14.3 Å². The third-order valence-electron chi connectivity index (χ3n) is 3.51. The lowest BCUT2D eigenvalue weighted by atomic mass is 10.1. The van der Waals surface area contributed by atoms with Gasteiger partial charge in [0.15, 0.2) is 0 Å². The van der Waals surface area contributed by atoms with Crippen molar-refractivity contribution in [3.05, 3.63) is 35.9 Å². The van der Waals surface area contributed by atoms with Gasteiger partial charge in [-0.3, -0.25) is 4.79 Å². The van der Waals surface area contributed by atoms with Crippen LogP contribution in [-0.2, 0) is 14.3 Å². The minimum absolute atomic E-state index is 0.00894. The van der Waals surface area contributed by atoms with E-state index in [1.54, 1.807) is 16.7 Å². The molecule has 2 rings (SSSR count). The van der Waals surface area contributed by atoms with E-state index in [4.69, 9.17) is 4.74 Å². The van der Waals surface area contributed by atoms with Crippen LogP contribution in [0.2, 0.25) is 0 Å². The number of hydrogen-bond acceptors (Lipinski definition) is 4. The Hall–Kier alpha value is -1.49. The Morgan fingerprint density at radius 2 is 2.00 bits per heavy atom. The zero-order chi connectivity index (χ0) is 16.1. The lowest BCUT2D eigenvalue weighted by Crippen LogP contribution is -2.43. The molecule has 1 aromatic rings. The van der Waals surface area contributed by atoms with Crippen molar-refractivity contribution in [2.24, 2.45) is 5.92 Å². The number of carbonyl (C=O) groups is 2. The lowest BCUT2D eigenvalue weighted by Gasteiger charge is -2.28. The normalized spacial score (nSPS) is 21.2. The Balaban J connectivity index is 2.17. The van der Waals surface area contributed by atoms with E-state index < -0.39 is 6.04 Å². The van der Waals surface area contributed by atoms with Crippen molar-refractivity contribution in [1.82, 2.24) is 4.90 Å². The molecule has 1 aromatic carbocycles. The molecule has 2 unspecified atom stereocenters. The van der Waals surface area contributed by atoms with Gasteiger partial charge in [-0.15, -0.1) is 11.8 Å². The maximum Gasteiger partial charge on any atom is 0.329 e. The van der Waals surface area contributed by atoms with Gasteiger partial charge in [-0.1, -0.05) is 51.1 Å². The molecule has 5 heteroatoms. The quantitative estimate of drug-likeness (QED) is 0.781. The van der Waals surface area contributed by atoms with Gasteiger partial charge >= 0.3 is 5.97 Å². The molecule has 0 bridgehead atoms. The summed E-state index contributed by atoms with van der Waals surface area (Å²) in [6, 6.07) is 9.36. The molecule has 2 atom stereocenters. The molecule has 1 amide bonds. The SMILES string of the molecule is CCC(=O)N1C(C(=O)OCC(C)C)CSC1c1ccccc1. The van der Waals surface area contributed by atoms with Crippen LogP contribution in [0.1, 0.15) is 38.1 Å². The number of hydrogen-bond donors (Lipinski definition) is 0. The fourth-order valence-corrected chi connectivity index (χ4v) is 3.83. The van der Waals surface area contributed by atoms with Crippen LogP contribution >= 0.6 is 11.8 Å². The second-order valence-electron chi connectivity index (χ2n) is 5.79. The second kappa shape index (κ2) is 7.68. The average molecular weight is 321 g/mol. The van der Waals surface area contributed by atoms with Gasteiger partial charge in [0.05, 0.1) is 6.61 Å². The highest BCUT2D eigenvalue weighted by Gasteiger charge is 2.42. The summed E-state index contributed by atoms with van der Waals surface area (Å²) in [5, 5.41) is -0.106. The maximum atomic E-state index is 12.4. The number of benzene rings is 1. The van der Waals surface area contributed by atoms with Gasteiger partial charge in [-0.25, -0.2) is 4.79 Å². The first-order valence-electron chi connectivity index (χ1n) is 7.69. The zero-order valence-corrected chi connectivity index (χ0v) is 14.1. The van der Waals surface area contributed by atoms with Crippen LogP contribution in [0.5, 0.6) is 0 Å². The average Bonchev–Trinajstić information content (AvgIpc) is 2.97. The molecule has 4 nitrogen and oxygen atoms in total. The van der Waals surface area contributed by atoms with E-state index in [1.807, 2.05) is 51.1 Å². The topological polar surface area (TPSA) is 46.6 Å². The minimum Gasteiger partial charge on any atom is -0.464 e. The van der Waals surface area contributed by atoms with Crippen molar-refractivity contribution in [1.29, 1.82) is 0 Å². The van der Waals surface area contributed by atoms with Gasteiger partial charge in [0, 0.05) is 12.2 Å². The summed E-state index contributed by atoms with van der Waals surface area (Å²) in [6.45, 7) is 6.21. The molecule has 1 aliphatic heterocycles. The predicted octanol–water partition coefficient (Wildman–Crippen LogP) is 3.24. The molecular weight excluding hydrogens is 298 g/mol. The minimum atomic E-state index is -0.485. The summed E-state index contributed by atoms with van der Waals surface area (Å²) in [7, 11) is 0. The number of esters is 1. The maximum absolute atomic E-state index is 12.4. The monoisotopic (exact) mass is 321 g/mol. The van der Waals surface area contributed by atoms with E-state index in [0.717, 1.165) is 5.56 Å². The van der Waals surface area contributed by atoms with E-state index in [2.05, 4.69) is 0 Å². The van der Waals surface area contributed by atoms with E-state index in [0.29, 0.717) is 24.7 Å². The van der Waals surface area contributed by atoms with Crippen molar-refractivity contribution in [2.75, 3.05) is 12.4 Å². The number of rotatable bonds is 5. The van der Waals surface area contributed by atoms with Gasteiger partial charge in [-0.05, 0) is 11.5 Å².